The Morgan fingerprint density at radius 3 is 2.53 bits per heavy atom. The van der Waals surface area contributed by atoms with Crippen molar-refractivity contribution >= 4 is 28.0 Å². The summed E-state index contributed by atoms with van der Waals surface area (Å²) >= 11 is 0. The predicted octanol–water partition coefficient (Wildman–Crippen LogP) is 5.68. The van der Waals surface area contributed by atoms with Gasteiger partial charge >= 0.3 is 0 Å². The van der Waals surface area contributed by atoms with E-state index in [0.29, 0.717) is 25.2 Å². The van der Waals surface area contributed by atoms with Gasteiger partial charge in [-0.2, -0.15) is 5.10 Å². The zero-order chi connectivity index (χ0) is 26.9. The number of likely N-dealkylation sites (N-methyl/N-ethyl adjacent to an activating group) is 1. The summed E-state index contributed by atoms with van der Waals surface area (Å²) in [6.45, 7) is 3.84. The second-order valence-corrected chi connectivity index (χ2v) is 9.08. The van der Waals surface area contributed by atoms with E-state index in [1.54, 1.807) is 38.5 Å². The van der Waals surface area contributed by atoms with Gasteiger partial charge in [0.05, 0.1) is 6.20 Å². The van der Waals surface area contributed by atoms with Gasteiger partial charge < -0.3 is 15.0 Å². The highest BCUT2D eigenvalue weighted by Gasteiger charge is 2.16. The predicted molar refractivity (Wildman–Crippen MR) is 151 cm³/mol. The van der Waals surface area contributed by atoms with E-state index in [4.69, 9.17) is 4.74 Å². The smallest absolute Gasteiger partial charge is 0.245 e. The Kier molecular flexibility index (Phi) is 9.06. The van der Waals surface area contributed by atoms with Gasteiger partial charge in [0.1, 0.15) is 23.7 Å². The van der Waals surface area contributed by atoms with E-state index >= 15 is 0 Å². The highest BCUT2D eigenvalue weighted by atomic mass is 19.1. The van der Waals surface area contributed by atoms with Crippen LogP contribution in [0.25, 0.3) is 22.0 Å². The van der Waals surface area contributed by atoms with Gasteiger partial charge in [-0.1, -0.05) is 55.5 Å². The minimum atomic E-state index is -0.329. The van der Waals surface area contributed by atoms with E-state index in [1.165, 1.54) is 4.90 Å². The number of rotatable bonds is 11. The standard InChI is InChI=1S/C31H33FN4O2/c1-4-27(22-9-6-5-7-10-22)30(24-19-25-21-34-35-31(25)28(32)20-24)23-12-14-26(15-13-23)38-18-17-33-16-8-11-29(37)36(2)3/h5-15,19-21,33H,4,16-18H2,1-3H3,(H,34,35)/b11-8+,30-27+. The summed E-state index contributed by atoms with van der Waals surface area (Å²) in [6.07, 6.45) is 5.78. The highest BCUT2D eigenvalue weighted by Crippen LogP contribution is 2.36. The van der Waals surface area contributed by atoms with Crippen molar-refractivity contribution < 1.29 is 13.9 Å². The van der Waals surface area contributed by atoms with E-state index < -0.39 is 0 Å². The molecule has 4 rings (SSSR count). The lowest BCUT2D eigenvalue weighted by Crippen LogP contribution is -2.22. The van der Waals surface area contributed by atoms with Crippen LogP contribution in [0.3, 0.4) is 0 Å². The molecule has 1 aromatic heterocycles. The molecule has 6 nitrogen and oxygen atoms in total. The molecule has 1 heterocycles. The van der Waals surface area contributed by atoms with Crippen LogP contribution in [0.4, 0.5) is 4.39 Å². The first kappa shape index (κ1) is 26.8. The van der Waals surface area contributed by atoms with Gasteiger partial charge in [-0.05, 0) is 58.5 Å². The maximum Gasteiger partial charge on any atom is 0.245 e. The van der Waals surface area contributed by atoms with Crippen LogP contribution in [0.2, 0.25) is 0 Å². The number of halogens is 1. The average Bonchev–Trinajstić information content (AvgIpc) is 3.41. The zero-order valence-electron chi connectivity index (χ0n) is 22.0. The van der Waals surface area contributed by atoms with Crippen molar-refractivity contribution in [3.63, 3.8) is 0 Å². The number of hydrogen-bond acceptors (Lipinski definition) is 4. The molecule has 196 valence electrons. The zero-order valence-corrected chi connectivity index (χ0v) is 22.0. The maximum absolute atomic E-state index is 15.0. The van der Waals surface area contributed by atoms with E-state index in [-0.39, 0.29) is 11.7 Å². The number of allylic oxidation sites excluding steroid dienone is 1. The number of nitrogens with zero attached hydrogens (tertiary/aromatic N) is 2. The summed E-state index contributed by atoms with van der Waals surface area (Å²) in [7, 11) is 3.44. The van der Waals surface area contributed by atoms with Crippen molar-refractivity contribution in [3.05, 3.63) is 108 Å². The SMILES string of the molecule is CC/C(=C(/c1ccc(OCCNC/C=C/C(=O)N(C)C)cc1)c1cc(F)c2[nH]ncc2c1)c1ccccc1. The van der Waals surface area contributed by atoms with Crippen molar-refractivity contribution in [1.29, 1.82) is 0 Å². The normalized spacial score (nSPS) is 12.1. The molecule has 0 fully saturated rings. The van der Waals surface area contributed by atoms with Gasteiger partial charge in [0, 0.05) is 38.6 Å². The molecular formula is C31H33FN4O2. The highest BCUT2D eigenvalue weighted by molar-refractivity contribution is 6.00. The van der Waals surface area contributed by atoms with Gasteiger partial charge in [0.25, 0.3) is 0 Å². The first-order valence-electron chi connectivity index (χ1n) is 12.7. The Morgan fingerprint density at radius 1 is 1.05 bits per heavy atom. The molecule has 0 radical (unpaired) electrons. The summed E-state index contributed by atoms with van der Waals surface area (Å²) in [6, 6.07) is 21.7. The fourth-order valence-corrected chi connectivity index (χ4v) is 4.29. The van der Waals surface area contributed by atoms with Gasteiger partial charge in [-0.3, -0.25) is 9.89 Å². The van der Waals surface area contributed by atoms with Gasteiger partial charge in [0.15, 0.2) is 0 Å². The van der Waals surface area contributed by atoms with Crippen molar-refractivity contribution in [1.82, 2.24) is 20.4 Å². The Bertz CT molecular complexity index is 1420. The fourth-order valence-electron chi connectivity index (χ4n) is 4.29. The number of aromatic nitrogens is 2. The lowest BCUT2D eigenvalue weighted by Gasteiger charge is -2.17. The molecule has 0 aliphatic heterocycles. The van der Waals surface area contributed by atoms with Crippen LogP contribution in [-0.4, -0.2) is 54.8 Å². The minimum Gasteiger partial charge on any atom is -0.492 e. The van der Waals surface area contributed by atoms with Crippen molar-refractivity contribution in [2.45, 2.75) is 13.3 Å². The van der Waals surface area contributed by atoms with Crippen LogP contribution < -0.4 is 10.1 Å². The summed E-state index contributed by atoms with van der Waals surface area (Å²) in [5, 5.41) is 10.7. The van der Waals surface area contributed by atoms with Gasteiger partial charge in [0.2, 0.25) is 5.91 Å². The molecule has 0 atom stereocenters. The number of aromatic amines is 1. The number of benzene rings is 3. The molecule has 7 heteroatoms. The number of fused-ring (bicyclic) bond motifs is 1. The molecule has 3 aromatic carbocycles. The molecule has 0 aliphatic rings. The summed E-state index contributed by atoms with van der Waals surface area (Å²) < 4.78 is 20.9. The number of nitrogens with one attached hydrogen (secondary N) is 2. The molecule has 0 saturated carbocycles. The third-order valence-corrected chi connectivity index (χ3v) is 6.22. The maximum atomic E-state index is 15.0. The Labute approximate surface area is 222 Å². The summed E-state index contributed by atoms with van der Waals surface area (Å²) in [4.78, 5) is 13.1. The largest absolute Gasteiger partial charge is 0.492 e. The van der Waals surface area contributed by atoms with Crippen LogP contribution in [-0.2, 0) is 4.79 Å². The van der Waals surface area contributed by atoms with Crippen LogP contribution in [0, 0.1) is 5.82 Å². The van der Waals surface area contributed by atoms with E-state index in [1.807, 2.05) is 48.5 Å². The molecule has 0 bridgehead atoms. The van der Waals surface area contributed by atoms with Crippen molar-refractivity contribution in [3.8, 4) is 5.75 Å². The molecule has 0 unspecified atom stereocenters. The second-order valence-electron chi connectivity index (χ2n) is 9.08. The van der Waals surface area contributed by atoms with Crippen LogP contribution in [0.1, 0.15) is 30.0 Å². The monoisotopic (exact) mass is 512 g/mol. The lowest BCUT2D eigenvalue weighted by molar-refractivity contribution is -0.123. The minimum absolute atomic E-state index is 0.0394. The molecule has 4 aromatic rings. The van der Waals surface area contributed by atoms with Crippen molar-refractivity contribution in [2.75, 3.05) is 33.8 Å². The third-order valence-electron chi connectivity index (χ3n) is 6.22. The van der Waals surface area contributed by atoms with E-state index in [2.05, 4.69) is 34.6 Å². The number of amides is 1. The lowest BCUT2D eigenvalue weighted by atomic mass is 9.88. The molecule has 0 aliphatic carbocycles. The number of carbonyl (C=O) groups is 1. The molecule has 1 amide bonds. The Balaban J connectivity index is 1.53. The third kappa shape index (κ3) is 6.55. The quantitative estimate of drug-likeness (QED) is 0.154. The van der Waals surface area contributed by atoms with Gasteiger partial charge in [-0.15, -0.1) is 0 Å². The second kappa shape index (κ2) is 12.8. The van der Waals surface area contributed by atoms with Crippen molar-refractivity contribution in [2.24, 2.45) is 0 Å². The van der Waals surface area contributed by atoms with Crippen LogP contribution in [0.5, 0.6) is 5.75 Å². The van der Waals surface area contributed by atoms with Gasteiger partial charge in [-0.25, -0.2) is 4.39 Å². The molecular weight excluding hydrogens is 479 g/mol. The number of hydrogen-bond donors (Lipinski definition) is 2. The molecule has 0 saturated heterocycles. The number of carbonyl (C=O) groups excluding carboxylic acids is 1. The number of ether oxygens (including phenoxy) is 1. The topological polar surface area (TPSA) is 70.2 Å². The summed E-state index contributed by atoms with van der Waals surface area (Å²) in [5.74, 6) is 0.384. The summed E-state index contributed by atoms with van der Waals surface area (Å²) in [5.41, 5.74) is 5.40. The molecule has 0 spiro atoms. The Morgan fingerprint density at radius 2 is 1.82 bits per heavy atom. The first-order chi connectivity index (χ1) is 18.5. The molecule has 2 N–H and O–H groups in total. The fraction of sp³-hybridized carbons (Fsp3) is 0.226. The van der Waals surface area contributed by atoms with E-state index in [9.17, 15) is 9.18 Å². The van der Waals surface area contributed by atoms with Crippen LogP contribution in [0.15, 0.2) is 85.1 Å². The van der Waals surface area contributed by atoms with Crippen LogP contribution >= 0.6 is 0 Å². The first-order valence-corrected chi connectivity index (χ1v) is 12.7. The average molecular weight is 513 g/mol. The Hall–Kier alpha value is -4.23. The molecule has 38 heavy (non-hydrogen) atoms. The van der Waals surface area contributed by atoms with E-state index in [0.717, 1.165) is 45.4 Å². The number of H-pyrrole nitrogens is 1.